The molecule has 1 aromatic carbocycles. The van der Waals surface area contributed by atoms with Crippen molar-refractivity contribution in [1.82, 2.24) is 14.3 Å². The van der Waals surface area contributed by atoms with E-state index in [-0.39, 0.29) is 31.1 Å². The number of hydrogen-bond donors (Lipinski definition) is 0. The summed E-state index contributed by atoms with van der Waals surface area (Å²) in [5, 5.41) is 0. The normalized spacial score (nSPS) is 16.0. The van der Waals surface area contributed by atoms with Crippen LogP contribution in [0.5, 0.6) is 11.8 Å². The molecule has 0 unspecified atom stereocenters. The molecule has 0 bridgehead atoms. The van der Waals surface area contributed by atoms with Gasteiger partial charge in [-0.1, -0.05) is 6.07 Å². The number of alkyl halides is 3. The number of hydrogen-bond acceptors (Lipinski definition) is 7. The number of aromatic nitrogens is 2. The molecule has 2 heterocycles. The third-order valence-corrected chi connectivity index (χ3v) is 6.30. The molecule has 0 N–H and O–H groups in total. The highest BCUT2D eigenvalue weighted by atomic mass is 32.2. The summed E-state index contributed by atoms with van der Waals surface area (Å²) in [5.74, 6) is 0.911. The number of ether oxygens (including phenoxy) is 2. The fourth-order valence-electron chi connectivity index (χ4n) is 2.85. The first-order valence-corrected chi connectivity index (χ1v) is 9.98. The van der Waals surface area contributed by atoms with Crippen molar-refractivity contribution in [1.29, 1.82) is 0 Å². The van der Waals surface area contributed by atoms with Gasteiger partial charge in [-0.05, 0) is 18.2 Å². The minimum absolute atomic E-state index is 0.0709. The predicted molar refractivity (Wildman–Crippen MR) is 97.6 cm³/mol. The highest BCUT2D eigenvalue weighted by molar-refractivity contribution is 7.89. The molecule has 1 fully saturated rings. The van der Waals surface area contributed by atoms with Gasteiger partial charge in [-0.2, -0.15) is 27.4 Å². The SMILES string of the molecule is COc1cc(OC)nc(N2CCN(S(=O)(=O)c3cccc(C(F)(F)F)c3)CC2)n1. The maximum absolute atomic E-state index is 12.9. The van der Waals surface area contributed by atoms with E-state index in [1.54, 1.807) is 4.90 Å². The first-order chi connectivity index (χ1) is 13.6. The molecule has 0 radical (unpaired) electrons. The zero-order valence-corrected chi connectivity index (χ0v) is 16.5. The predicted octanol–water partition coefficient (Wildman–Crippen LogP) is 2.02. The summed E-state index contributed by atoms with van der Waals surface area (Å²) in [6, 6.07) is 5.25. The fraction of sp³-hybridized carbons (Fsp3) is 0.412. The summed E-state index contributed by atoms with van der Waals surface area (Å²) in [4.78, 5) is 9.82. The highest BCUT2D eigenvalue weighted by Crippen LogP contribution is 2.31. The molecular weight excluding hydrogens is 413 g/mol. The van der Waals surface area contributed by atoms with E-state index < -0.39 is 21.8 Å². The number of piperazine rings is 1. The lowest BCUT2D eigenvalue weighted by molar-refractivity contribution is -0.137. The van der Waals surface area contributed by atoms with E-state index in [1.807, 2.05) is 0 Å². The first kappa shape index (κ1) is 21.1. The van der Waals surface area contributed by atoms with Gasteiger partial charge in [0.05, 0.1) is 30.7 Å². The van der Waals surface area contributed by atoms with E-state index in [2.05, 4.69) is 9.97 Å². The molecule has 12 heteroatoms. The van der Waals surface area contributed by atoms with Crippen molar-refractivity contribution >= 4 is 16.0 Å². The minimum atomic E-state index is -4.62. The van der Waals surface area contributed by atoms with Crippen LogP contribution in [-0.2, 0) is 16.2 Å². The summed E-state index contributed by atoms with van der Waals surface area (Å²) in [6.45, 7) is 0.659. The van der Waals surface area contributed by atoms with Crippen LogP contribution in [0, 0.1) is 0 Å². The molecule has 0 aliphatic carbocycles. The van der Waals surface area contributed by atoms with Gasteiger partial charge in [0.25, 0.3) is 0 Å². The lowest BCUT2D eigenvalue weighted by atomic mass is 10.2. The molecule has 0 atom stereocenters. The lowest BCUT2D eigenvalue weighted by Crippen LogP contribution is -2.49. The smallest absolute Gasteiger partial charge is 0.416 e. The number of methoxy groups -OCH3 is 2. The van der Waals surface area contributed by atoms with Crippen molar-refractivity contribution in [3.05, 3.63) is 35.9 Å². The molecule has 1 saturated heterocycles. The maximum atomic E-state index is 12.9. The van der Waals surface area contributed by atoms with Crippen LogP contribution < -0.4 is 14.4 Å². The molecule has 0 amide bonds. The van der Waals surface area contributed by atoms with E-state index in [0.29, 0.717) is 23.8 Å². The molecule has 8 nitrogen and oxygen atoms in total. The average molecular weight is 432 g/mol. The van der Waals surface area contributed by atoms with E-state index >= 15 is 0 Å². The van der Waals surface area contributed by atoms with Crippen LogP contribution in [0.4, 0.5) is 19.1 Å². The molecule has 0 spiro atoms. The van der Waals surface area contributed by atoms with Crippen LogP contribution in [0.25, 0.3) is 0 Å². The highest BCUT2D eigenvalue weighted by Gasteiger charge is 2.34. The Labute approximate surface area is 165 Å². The van der Waals surface area contributed by atoms with Crippen molar-refractivity contribution in [3.63, 3.8) is 0 Å². The Morgan fingerprint density at radius 2 is 1.55 bits per heavy atom. The van der Waals surface area contributed by atoms with E-state index in [1.165, 1.54) is 20.3 Å². The van der Waals surface area contributed by atoms with Crippen LogP contribution in [0.15, 0.2) is 35.2 Å². The minimum Gasteiger partial charge on any atom is -0.481 e. The van der Waals surface area contributed by atoms with Crippen molar-refractivity contribution in [2.24, 2.45) is 0 Å². The zero-order valence-electron chi connectivity index (χ0n) is 15.7. The van der Waals surface area contributed by atoms with Crippen molar-refractivity contribution in [2.75, 3.05) is 45.3 Å². The van der Waals surface area contributed by atoms with Crippen LogP contribution in [-0.4, -0.2) is 63.1 Å². The van der Waals surface area contributed by atoms with Crippen molar-refractivity contribution in [3.8, 4) is 11.8 Å². The second-order valence-electron chi connectivity index (χ2n) is 6.17. The average Bonchev–Trinajstić information content (AvgIpc) is 2.73. The molecule has 2 aromatic rings. The number of sulfonamides is 1. The number of benzene rings is 1. The summed E-state index contributed by atoms with van der Waals surface area (Å²) < 4.78 is 75.7. The molecular formula is C17H19F3N4O4S. The number of nitrogens with zero attached hydrogens (tertiary/aromatic N) is 4. The molecule has 29 heavy (non-hydrogen) atoms. The summed E-state index contributed by atoms with van der Waals surface area (Å²) >= 11 is 0. The molecule has 3 rings (SSSR count). The van der Waals surface area contributed by atoms with Gasteiger partial charge in [0.2, 0.25) is 27.7 Å². The van der Waals surface area contributed by atoms with Gasteiger partial charge in [0, 0.05) is 26.2 Å². The van der Waals surface area contributed by atoms with Gasteiger partial charge in [0.15, 0.2) is 0 Å². The molecule has 1 aliphatic heterocycles. The summed E-state index contributed by atoms with van der Waals surface area (Å²) in [5.41, 5.74) is -1.01. The topological polar surface area (TPSA) is 84.9 Å². The Hall–Kier alpha value is -2.60. The number of rotatable bonds is 5. The van der Waals surface area contributed by atoms with E-state index in [9.17, 15) is 21.6 Å². The second-order valence-corrected chi connectivity index (χ2v) is 8.11. The Morgan fingerprint density at radius 3 is 2.07 bits per heavy atom. The maximum Gasteiger partial charge on any atom is 0.416 e. The van der Waals surface area contributed by atoms with Gasteiger partial charge >= 0.3 is 6.18 Å². The molecule has 0 saturated carbocycles. The lowest BCUT2D eigenvalue weighted by Gasteiger charge is -2.34. The third-order valence-electron chi connectivity index (χ3n) is 4.41. The Morgan fingerprint density at radius 1 is 0.966 bits per heavy atom. The molecule has 1 aromatic heterocycles. The van der Waals surface area contributed by atoms with Gasteiger partial charge in [-0.15, -0.1) is 0 Å². The van der Waals surface area contributed by atoms with Gasteiger partial charge < -0.3 is 14.4 Å². The monoisotopic (exact) mass is 432 g/mol. The Bertz CT molecular complexity index is 955. The van der Waals surface area contributed by atoms with Crippen molar-refractivity contribution < 1.29 is 31.1 Å². The quantitative estimate of drug-likeness (QED) is 0.715. The zero-order chi connectivity index (χ0) is 21.2. The second kappa shape index (κ2) is 8.03. The van der Waals surface area contributed by atoms with Gasteiger partial charge in [0.1, 0.15) is 0 Å². The first-order valence-electron chi connectivity index (χ1n) is 8.54. The van der Waals surface area contributed by atoms with Crippen LogP contribution in [0.1, 0.15) is 5.56 Å². The third kappa shape index (κ3) is 4.53. The number of anilines is 1. The molecule has 158 valence electrons. The largest absolute Gasteiger partial charge is 0.481 e. The van der Waals surface area contributed by atoms with Crippen LogP contribution in [0.2, 0.25) is 0 Å². The Balaban J connectivity index is 1.77. The standard InChI is InChI=1S/C17H19F3N4O4S/c1-27-14-11-15(28-2)22-16(21-14)23-6-8-24(9-7-23)29(25,26)13-5-3-4-12(10-13)17(18,19)20/h3-5,10-11H,6-9H2,1-2H3. The van der Waals surface area contributed by atoms with Gasteiger partial charge in [-0.3, -0.25) is 0 Å². The van der Waals surface area contributed by atoms with Crippen LogP contribution >= 0.6 is 0 Å². The molecule has 1 aliphatic rings. The number of halogens is 3. The summed E-state index contributed by atoms with van der Waals surface area (Å²) in [6.07, 6.45) is -4.62. The van der Waals surface area contributed by atoms with E-state index in [4.69, 9.17) is 9.47 Å². The fourth-order valence-corrected chi connectivity index (χ4v) is 4.32. The summed E-state index contributed by atoms with van der Waals surface area (Å²) in [7, 11) is -1.16. The van der Waals surface area contributed by atoms with Gasteiger partial charge in [-0.25, -0.2) is 8.42 Å². The van der Waals surface area contributed by atoms with Crippen LogP contribution in [0.3, 0.4) is 0 Å². The van der Waals surface area contributed by atoms with E-state index in [0.717, 1.165) is 22.5 Å². The Kier molecular flexibility index (Phi) is 5.85. The van der Waals surface area contributed by atoms with Crippen molar-refractivity contribution in [2.45, 2.75) is 11.1 Å².